The molecule has 8 nitrogen and oxygen atoms in total. The Morgan fingerprint density at radius 2 is 1.25 bits per heavy atom. The van der Waals surface area contributed by atoms with E-state index in [0.29, 0.717) is 60.7 Å². The van der Waals surface area contributed by atoms with E-state index in [9.17, 15) is 9.59 Å². The van der Waals surface area contributed by atoms with Crippen LogP contribution in [-0.2, 0) is 4.79 Å². The molecule has 0 aliphatic carbocycles. The highest BCUT2D eigenvalue weighted by Gasteiger charge is 2.18. The number of nitrogens with one attached hydrogen (secondary N) is 1. The maximum Gasteiger partial charge on any atom is 0.254 e. The minimum absolute atomic E-state index is 0.118. The van der Waals surface area contributed by atoms with Crippen molar-refractivity contribution >= 4 is 17.5 Å². The molecule has 0 atom stereocenters. The van der Waals surface area contributed by atoms with E-state index in [1.54, 1.807) is 43.4 Å². The van der Waals surface area contributed by atoms with Crippen molar-refractivity contribution < 1.29 is 28.5 Å². The van der Waals surface area contributed by atoms with Crippen LogP contribution in [0.25, 0.3) is 0 Å². The molecule has 0 spiro atoms. The molecule has 2 rings (SSSR count). The second kappa shape index (κ2) is 12.4. The monoisotopic (exact) mass is 444 g/mol. The highest BCUT2D eigenvalue weighted by Crippen LogP contribution is 2.31. The number of rotatable bonds is 12. The van der Waals surface area contributed by atoms with Gasteiger partial charge in [0.05, 0.1) is 33.0 Å². The Balaban J connectivity index is 2.06. The Labute approximate surface area is 189 Å². The van der Waals surface area contributed by atoms with Crippen molar-refractivity contribution in [1.82, 2.24) is 4.90 Å². The second-order valence-electron chi connectivity index (χ2n) is 6.76. The van der Waals surface area contributed by atoms with Gasteiger partial charge in [0.15, 0.2) is 23.0 Å². The summed E-state index contributed by atoms with van der Waals surface area (Å²) in [7, 11) is 1.57. The highest BCUT2D eigenvalue weighted by molar-refractivity contribution is 5.99. The van der Waals surface area contributed by atoms with Gasteiger partial charge in [-0.2, -0.15) is 0 Å². The Morgan fingerprint density at radius 3 is 1.81 bits per heavy atom. The summed E-state index contributed by atoms with van der Waals surface area (Å²) in [5.74, 6) is 1.60. The second-order valence-corrected chi connectivity index (χ2v) is 6.76. The van der Waals surface area contributed by atoms with Crippen LogP contribution in [0.15, 0.2) is 36.4 Å². The van der Waals surface area contributed by atoms with Crippen LogP contribution in [0.5, 0.6) is 23.0 Å². The predicted octanol–water partition coefficient (Wildman–Crippen LogP) is 3.99. The number of benzene rings is 2. The molecule has 0 bridgehead atoms. The van der Waals surface area contributed by atoms with E-state index in [4.69, 9.17) is 18.9 Å². The van der Waals surface area contributed by atoms with Crippen LogP contribution in [0, 0.1) is 0 Å². The first-order valence-electron chi connectivity index (χ1n) is 10.8. The number of amides is 2. The van der Waals surface area contributed by atoms with E-state index in [1.807, 2.05) is 27.7 Å². The third kappa shape index (κ3) is 6.80. The normalized spacial score (nSPS) is 10.3. The molecule has 32 heavy (non-hydrogen) atoms. The molecule has 0 aromatic heterocycles. The zero-order chi connectivity index (χ0) is 23.5. The van der Waals surface area contributed by atoms with Crippen molar-refractivity contribution in [3.05, 3.63) is 42.0 Å². The molecule has 2 aromatic rings. The summed E-state index contributed by atoms with van der Waals surface area (Å²) in [6.07, 6.45) is 0. The van der Waals surface area contributed by atoms with Crippen molar-refractivity contribution in [2.24, 2.45) is 0 Å². The number of nitrogens with zero attached hydrogens (tertiary/aromatic N) is 1. The van der Waals surface area contributed by atoms with E-state index in [0.717, 1.165) is 0 Å². The fourth-order valence-electron chi connectivity index (χ4n) is 3.02. The van der Waals surface area contributed by atoms with Gasteiger partial charge in [-0.15, -0.1) is 0 Å². The Morgan fingerprint density at radius 1 is 0.750 bits per heavy atom. The van der Waals surface area contributed by atoms with Crippen molar-refractivity contribution in [3.8, 4) is 23.0 Å². The van der Waals surface area contributed by atoms with Crippen LogP contribution >= 0.6 is 0 Å². The quantitative estimate of drug-likeness (QED) is 0.533. The van der Waals surface area contributed by atoms with E-state index in [-0.39, 0.29) is 18.4 Å². The van der Waals surface area contributed by atoms with Crippen LogP contribution in [0.4, 0.5) is 5.69 Å². The molecule has 1 N–H and O–H groups in total. The maximum atomic E-state index is 12.8. The van der Waals surface area contributed by atoms with Gasteiger partial charge in [0.1, 0.15) is 0 Å². The van der Waals surface area contributed by atoms with Gasteiger partial charge < -0.3 is 29.2 Å². The third-order valence-electron chi connectivity index (χ3n) is 4.34. The smallest absolute Gasteiger partial charge is 0.254 e. The zero-order valence-electron chi connectivity index (χ0n) is 19.4. The summed E-state index contributed by atoms with van der Waals surface area (Å²) >= 11 is 0. The lowest BCUT2D eigenvalue weighted by atomic mass is 10.1. The van der Waals surface area contributed by atoms with E-state index in [1.165, 1.54) is 4.90 Å². The van der Waals surface area contributed by atoms with Crippen LogP contribution in [0.2, 0.25) is 0 Å². The first-order valence-corrected chi connectivity index (χ1v) is 10.8. The Kier molecular flexibility index (Phi) is 9.66. The standard InChI is InChI=1S/C24H32N2O6/c1-6-29-19-12-10-17(14-21(19)31-8-3)24(28)26(5)16-23(27)25-18-11-13-20(30-7-2)22(15-18)32-9-4/h10-15H,6-9,16H2,1-5H3,(H,25,27). The third-order valence-corrected chi connectivity index (χ3v) is 4.34. The molecule has 0 aliphatic rings. The Hall–Kier alpha value is -3.42. The largest absolute Gasteiger partial charge is 0.490 e. The van der Waals surface area contributed by atoms with E-state index >= 15 is 0 Å². The van der Waals surface area contributed by atoms with Gasteiger partial charge >= 0.3 is 0 Å². The number of carbonyl (C=O) groups is 2. The van der Waals surface area contributed by atoms with Crippen LogP contribution in [-0.4, -0.2) is 56.7 Å². The average molecular weight is 445 g/mol. The van der Waals surface area contributed by atoms with Crippen molar-refractivity contribution in [1.29, 1.82) is 0 Å². The minimum Gasteiger partial charge on any atom is -0.490 e. The molecule has 0 saturated carbocycles. The summed E-state index contributed by atoms with van der Waals surface area (Å²) in [6, 6.07) is 10.2. The minimum atomic E-state index is -0.330. The number of hydrogen-bond acceptors (Lipinski definition) is 6. The first-order chi connectivity index (χ1) is 15.4. The fraction of sp³-hybridized carbons (Fsp3) is 0.417. The molecule has 2 amide bonds. The molecule has 0 saturated heterocycles. The van der Waals surface area contributed by atoms with Crippen LogP contribution < -0.4 is 24.3 Å². The van der Waals surface area contributed by atoms with Gasteiger partial charge in [-0.25, -0.2) is 0 Å². The lowest BCUT2D eigenvalue weighted by molar-refractivity contribution is -0.116. The SMILES string of the molecule is CCOc1ccc(NC(=O)CN(C)C(=O)c2ccc(OCC)c(OCC)c2)cc1OCC. The van der Waals surface area contributed by atoms with Gasteiger partial charge in [-0.1, -0.05) is 0 Å². The van der Waals surface area contributed by atoms with Crippen molar-refractivity contribution in [2.45, 2.75) is 27.7 Å². The van der Waals surface area contributed by atoms with E-state index < -0.39 is 0 Å². The van der Waals surface area contributed by atoms with Gasteiger partial charge in [0.25, 0.3) is 5.91 Å². The number of carbonyl (C=O) groups excluding carboxylic acids is 2. The number of ether oxygens (including phenoxy) is 4. The van der Waals surface area contributed by atoms with Crippen LogP contribution in [0.3, 0.4) is 0 Å². The molecule has 174 valence electrons. The van der Waals surface area contributed by atoms with Crippen LogP contribution in [0.1, 0.15) is 38.1 Å². The molecular weight excluding hydrogens is 412 g/mol. The molecule has 8 heteroatoms. The molecule has 0 radical (unpaired) electrons. The summed E-state index contributed by atoms with van der Waals surface area (Å²) in [6.45, 7) is 9.30. The van der Waals surface area contributed by atoms with Gasteiger partial charge in [-0.05, 0) is 58.0 Å². The zero-order valence-corrected chi connectivity index (χ0v) is 19.4. The molecule has 0 unspecified atom stereocenters. The number of hydrogen-bond donors (Lipinski definition) is 1. The lowest BCUT2D eigenvalue weighted by Crippen LogP contribution is -2.35. The Bertz CT molecular complexity index is 915. The summed E-state index contributed by atoms with van der Waals surface area (Å²) in [5.41, 5.74) is 0.967. The van der Waals surface area contributed by atoms with Gasteiger partial charge in [0.2, 0.25) is 5.91 Å². The van der Waals surface area contributed by atoms with E-state index in [2.05, 4.69) is 5.32 Å². The van der Waals surface area contributed by atoms with Crippen molar-refractivity contribution in [2.75, 3.05) is 45.3 Å². The highest BCUT2D eigenvalue weighted by atomic mass is 16.5. The van der Waals surface area contributed by atoms with Gasteiger partial charge in [-0.3, -0.25) is 9.59 Å². The number of likely N-dealkylation sites (N-methyl/N-ethyl adjacent to an activating group) is 1. The molecule has 0 aliphatic heterocycles. The first kappa shape index (κ1) is 24.8. The summed E-state index contributed by atoms with van der Waals surface area (Å²) in [4.78, 5) is 26.7. The number of anilines is 1. The average Bonchev–Trinajstić information content (AvgIpc) is 2.76. The van der Waals surface area contributed by atoms with Crippen molar-refractivity contribution in [3.63, 3.8) is 0 Å². The van der Waals surface area contributed by atoms with Gasteiger partial charge in [0, 0.05) is 24.4 Å². The summed E-state index contributed by atoms with van der Waals surface area (Å²) in [5, 5.41) is 2.79. The predicted molar refractivity (Wildman–Crippen MR) is 123 cm³/mol. The summed E-state index contributed by atoms with van der Waals surface area (Å²) < 4.78 is 22.2. The molecule has 0 heterocycles. The molecular formula is C24H32N2O6. The molecule has 2 aromatic carbocycles. The molecule has 0 fully saturated rings. The lowest BCUT2D eigenvalue weighted by Gasteiger charge is -2.19. The fourth-order valence-corrected chi connectivity index (χ4v) is 3.02. The maximum absolute atomic E-state index is 12.8. The topological polar surface area (TPSA) is 86.3 Å².